The van der Waals surface area contributed by atoms with Crippen LogP contribution in [0.4, 0.5) is 0 Å². The zero-order chi connectivity index (χ0) is 12.1. The van der Waals surface area contributed by atoms with Gasteiger partial charge in [-0.1, -0.05) is 0 Å². The molecule has 5 heteroatoms. The van der Waals surface area contributed by atoms with Gasteiger partial charge in [0.2, 0.25) is 0 Å². The first kappa shape index (κ1) is 11.8. The van der Waals surface area contributed by atoms with Crippen LogP contribution in [0, 0.1) is 11.8 Å². The van der Waals surface area contributed by atoms with Gasteiger partial charge in [0.15, 0.2) is 0 Å². The van der Waals surface area contributed by atoms with Crippen molar-refractivity contribution < 1.29 is 18.9 Å². The minimum absolute atomic E-state index is 0.245. The smallest absolute Gasteiger partial charge is 0.104 e. The van der Waals surface area contributed by atoms with E-state index in [1.807, 2.05) is 0 Å². The maximum Gasteiger partial charge on any atom is 0.104 e. The molecule has 2 aliphatic carbocycles. The summed E-state index contributed by atoms with van der Waals surface area (Å²) in [5.74, 6) is 1.26. The summed E-state index contributed by atoms with van der Waals surface area (Å²) in [5, 5.41) is 0. The fourth-order valence-corrected chi connectivity index (χ4v) is 4.10. The predicted octanol–water partition coefficient (Wildman–Crippen LogP) is 0.551. The molecule has 0 amide bonds. The first-order valence-corrected chi connectivity index (χ1v) is 7.56. The van der Waals surface area contributed by atoms with E-state index >= 15 is 0 Å². The zero-order valence-electron chi connectivity index (χ0n) is 10.4. The maximum absolute atomic E-state index is 6.07. The van der Waals surface area contributed by atoms with E-state index < -0.39 is 0 Å². The molecule has 4 rings (SSSR count). The normalized spacial score (nSPS) is 52.8. The maximum atomic E-state index is 6.07. The largest absolute Gasteiger partial charge is 0.372 e. The van der Waals surface area contributed by atoms with E-state index in [0.717, 1.165) is 26.4 Å². The lowest BCUT2D eigenvalue weighted by atomic mass is 9.94. The van der Waals surface area contributed by atoms with Crippen molar-refractivity contribution in [2.24, 2.45) is 11.8 Å². The topological polar surface area (TPSA) is 43.5 Å². The van der Waals surface area contributed by atoms with Gasteiger partial charge in [0.1, 0.15) is 12.2 Å². The molecule has 2 saturated carbocycles. The lowest BCUT2D eigenvalue weighted by molar-refractivity contribution is -0.102. The Morgan fingerprint density at radius 2 is 1.56 bits per heavy atom. The quantitative estimate of drug-likeness (QED) is 0.521. The molecule has 2 heterocycles. The number of fused-ring (bicyclic) bond motifs is 2. The Balaban J connectivity index is 1.37. The van der Waals surface area contributed by atoms with Gasteiger partial charge in [-0.15, -0.1) is 0 Å². The van der Waals surface area contributed by atoms with Gasteiger partial charge in [-0.3, -0.25) is 0 Å². The zero-order valence-corrected chi connectivity index (χ0v) is 11.4. The van der Waals surface area contributed by atoms with E-state index in [4.69, 9.17) is 18.9 Å². The van der Waals surface area contributed by atoms with Crippen LogP contribution >= 0.6 is 0 Å². The van der Waals surface area contributed by atoms with E-state index in [-0.39, 0.29) is 12.2 Å². The molecule has 7 unspecified atom stereocenters. The molecule has 99 valence electrons. The van der Waals surface area contributed by atoms with E-state index in [1.165, 1.54) is 12.8 Å². The van der Waals surface area contributed by atoms with Crippen molar-refractivity contribution in [1.82, 2.24) is 0 Å². The number of epoxide rings is 2. The number of rotatable bonds is 6. The van der Waals surface area contributed by atoms with Crippen molar-refractivity contribution in [3.8, 4) is 0 Å². The van der Waals surface area contributed by atoms with Crippen LogP contribution in [-0.2, 0) is 18.9 Å². The van der Waals surface area contributed by atoms with Gasteiger partial charge >= 0.3 is 0 Å². The Labute approximate surface area is 111 Å². The monoisotopic (exact) mass is 267 g/mol. The molecule has 0 aromatic carbocycles. The molecule has 3 radical (unpaired) electrons. The van der Waals surface area contributed by atoms with E-state index in [0.29, 0.717) is 29.6 Å². The van der Waals surface area contributed by atoms with Crippen LogP contribution < -0.4 is 0 Å². The molecule has 0 N–H and O–H groups in total. The van der Waals surface area contributed by atoms with E-state index in [1.54, 1.807) is 0 Å². The van der Waals surface area contributed by atoms with Crippen molar-refractivity contribution in [3.63, 3.8) is 0 Å². The Morgan fingerprint density at radius 3 is 2.17 bits per heavy atom. The van der Waals surface area contributed by atoms with Gasteiger partial charge in [-0.2, -0.15) is 0 Å². The summed E-state index contributed by atoms with van der Waals surface area (Å²) < 4.78 is 22.6. The fraction of sp³-hybridized carbons (Fsp3) is 1.00. The summed E-state index contributed by atoms with van der Waals surface area (Å²) in [4.78, 5) is 0. The third-order valence-electron chi connectivity index (χ3n) is 4.61. The van der Waals surface area contributed by atoms with Gasteiger partial charge < -0.3 is 18.9 Å². The minimum atomic E-state index is 0.245. The van der Waals surface area contributed by atoms with Gasteiger partial charge in [0.05, 0.1) is 38.6 Å². The average Bonchev–Trinajstić information content (AvgIpc) is 3.26. The second-order valence-corrected chi connectivity index (χ2v) is 6.75. The highest BCUT2D eigenvalue weighted by Crippen LogP contribution is 2.52. The summed E-state index contributed by atoms with van der Waals surface area (Å²) in [7, 11) is 3.84. The van der Waals surface area contributed by atoms with Crippen LogP contribution in [-0.4, -0.2) is 61.1 Å². The summed E-state index contributed by atoms with van der Waals surface area (Å²) in [5.41, 5.74) is 0.595. The van der Waals surface area contributed by atoms with Gasteiger partial charge in [0.25, 0.3) is 0 Å². The summed E-state index contributed by atoms with van der Waals surface area (Å²) >= 11 is 0. The number of hydrogen-bond acceptors (Lipinski definition) is 4. The molecule has 4 nitrogen and oxygen atoms in total. The fourth-order valence-electron chi connectivity index (χ4n) is 3.47. The Morgan fingerprint density at radius 1 is 0.944 bits per heavy atom. The Bertz CT molecular complexity index is 318. The third-order valence-corrected chi connectivity index (χ3v) is 5.28. The van der Waals surface area contributed by atoms with Crippen LogP contribution in [0.5, 0.6) is 0 Å². The second kappa shape index (κ2) is 4.56. The van der Waals surface area contributed by atoms with Crippen molar-refractivity contribution in [1.29, 1.82) is 0 Å². The lowest BCUT2D eigenvalue weighted by Crippen LogP contribution is -2.40. The molecular weight excluding hydrogens is 248 g/mol. The average molecular weight is 267 g/mol. The summed E-state index contributed by atoms with van der Waals surface area (Å²) in [6, 6.07) is 0. The van der Waals surface area contributed by atoms with Gasteiger partial charge in [0, 0.05) is 10.2 Å². The summed E-state index contributed by atoms with van der Waals surface area (Å²) in [6.07, 6.45) is 3.65. The van der Waals surface area contributed by atoms with Gasteiger partial charge in [-0.25, -0.2) is 0 Å². The van der Waals surface area contributed by atoms with Crippen LogP contribution in [0.15, 0.2) is 0 Å². The van der Waals surface area contributed by atoms with Crippen molar-refractivity contribution >= 4 is 10.2 Å². The highest BCUT2D eigenvalue weighted by Gasteiger charge is 2.53. The minimum Gasteiger partial charge on any atom is -0.372 e. The second-order valence-electron chi connectivity index (χ2n) is 6.01. The lowest BCUT2D eigenvalue weighted by Gasteiger charge is -2.34. The standard InChI is InChI=1S/C13H19O4Si/c18-11-2-7-1-10(11)13(17-6-9-4-15-9)12(7)16-5-8-3-14-8/h7-13H,1-6H2. The van der Waals surface area contributed by atoms with E-state index in [9.17, 15) is 0 Å². The van der Waals surface area contributed by atoms with Crippen LogP contribution in [0.1, 0.15) is 12.8 Å². The molecule has 0 aromatic heterocycles. The molecule has 4 fully saturated rings. The first-order valence-electron chi connectivity index (χ1n) is 6.99. The van der Waals surface area contributed by atoms with Crippen LogP contribution in [0.2, 0.25) is 5.54 Å². The van der Waals surface area contributed by atoms with Crippen LogP contribution in [0.3, 0.4) is 0 Å². The first-order chi connectivity index (χ1) is 8.81. The highest BCUT2D eigenvalue weighted by molar-refractivity contribution is 6.12. The van der Waals surface area contributed by atoms with Crippen molar-refractivity contribution in [2.45, 2.75) is 42.8 Å². The molecule has 0 aromatic rings. The molecule has 7 atom stereocenters. The molecule has 2 bridgehead atoms. The summed E-state index contributed by atoms with van der Waals surface area (Å²) in [6.45, 7) is 3.19. The molecule has 18 heavy (non-hydrogen) atoms. The highest BCUT2D eigenvalue weighted by atomic mass is 28.1. The molecular formula is C13H19O4Si. The molecule has 2 saturated heterocycles. The number of hydrogen-bond donors (Lipinski definition) is 0. The Kier molecular flexibility index (Phi) is 3.00. The van der Waals surface area contributed by atoms with E-state index in [2.05, 4.69) is 10.2 Å². The third kappa shape index (κ3) is 2.27. The number of ether oxygens (including phenoxy) is 4. The SMILES string of the molecule is [Si]C1CC2CC1C(OCC1CO1)C2OCC1CO1. The molecule has 2 aliphatic heterocycles. The van der Waals surface area contributed by atoms with Crippen molar-refractivity contribution in [2.75, 3.05) is 26.4 Å². The van der Waals surface area contributed by atoms with Gasteiger partial charge in [-0.05, 0) is 30.2 Å². The van der Waals surface area contributed by atoms with Crippen molar-refractivity contribution in [3.05, 3.63) is 0 Å². The van der Waals surface area contributed by atoms with Crippen LogP contribution in [0.25, 0.3) is 0 Å². The molecule has 4 aliphatic rings. The molecule has 0 spiro atoms. The predicted molar refractivity (Wildman–Crippen MR) is 64.7 cm³/mol. The Hall–Kier alpha value is 0.0569.